The molecule has 0 aromatic heterocycles. The van der Waals surface area contributed by atoms with Crippen LogP contribution in [0.3, 0.4) is 0 Å². The van der Waals surface area contributed by atoms with Gasteiger partial charge in [-0.3, -0.25) is 0 Å². The average Bonchev–Trinajstić information content (AvgIpc) is 2.55. The van der Waals surface area contributed by atoms with Gasteiger partial charge in [-0.15, -0.1) is 0 Å². The first-order valence-electron chi connectivity index (χ1n) is 7.89. The molecule has 0 aliphatic heterocycles. The molecule has 2 nitrogen and oxygen atoms in total. The molecule has 0 atom stereocenters. The van der Waals surface area contributed by atoms with E-state index in [1.165, 1.54) is 22.4 Å². The maximum Gasteiger partial charge on any atom is 0.0443 e. The highest BCUT2D eigenvalue weighted by atomic mass is 14.9. The second kappa shape index (κ2) is 6.57. The molecule has 0 amide bonds. The van der Waals surface area contributed by atoms with Gasteiger partial charge in [0.2, 0.25) is 0 Å². The zero-order chi connectivity index (χ0) is 16.2. The summed E-state index contributed by atoms with van der Waals surface area (Å²) in [6.45, 7) is 6.37. The number of anilines is 4. The van der Waals surface area contributed by atoms with Crippen molar-refractivity contribution < 1.29 is 0 Å². The van der Waals surface area contributed by atoms with Gasteiger partial charge in [-0.2, -0.15) is 0 Å². The van der Waals surface area contributed by atoms with E-state index in [-0.39, 0.29) is 0 Å². The summed E-state index contributed by atoms with van der Waals surface area (Å²) < 4.78 is 0. The number of aryl methyl sites for hydroxylation is 3. The third-order valence-electron chi connectivity index (χ3n) is 4.06. The van der Waals surface area contributed by atoms with Crippen LogP contribution >= 0.6 is 0 Å². The molecule has 0 spiro atoms. The van der Waals surface area contributed by atoms with Crippen LogP contribution in [0, 0.1) is 20.8 Å². The lowest BCUT2D eigenvalue weighted by Gasteiger charge is -2.14. The molecule has 0 saturated heterocycles. The number of hydrogen-bond acceptors (Lipinski definition) is 2. The van der Waals surface area contributed by atoms with E-state index in [4.69, 9.17) is 0 Å². The van der Waals surface area contributed by atoms with Gasteiger partial charge in [0, 0.05) is 22.7 Å². The molecule has 0 radical (unpaired) electrons. The summed E-state index contributed by atoms with van der Waals surface area (Å²) in [6, 6.07) is 23.1. The first-order valence-corrected chi connectivity index (χ1v) is 7.89. The minimum Gasteiger partial charge on any atom is -0.355 e. The third kappa shape index (κ3) is 3.54. The summed E-state index contributed by atoms with van der Waals surface area (Å²) in [7, 11) is 0. The number of hydrogen-bond donors (Lipinski definition) is 2. The predicted octanol–water partition coefficient (Wildman–Crippen LogP) is 6.10. The highest BCUT2D eigenvalue weighted by Crippen LogP contribution is 2.26. The minimum atomic E-state index is 1.09. The lowest BCUT2D eigenvalue weighted by molar-refractivity contribution is 1.36. The van der Waals surface area contributed by atoms with Crippen LogP contribution in [0.15, 0.2) is 66.7 Å². The van der Waals surface area contributed by atoms with Gasteiger partial charge < -0.3 is 10.6 Å². The lowest BCUT2D eigenvalue weighted by Crippen LogP contribution is -1.97. The van der Waals surface area contributed by atoms with Crippen molar-refractivity contribution in [2.45, 2.75) is 20.8 Å². The SMILES string of the molecule is Cc1ccccc1Nc1ccc(Nc2c(C)cccc2C)cc1. The Hall–Kier alpha value is -2.74. The summed E-state index contributed by atoms with van der Waals surface area (Å²) in [4.78, 5) is 0. The monoisotopic (exact) mass is 302 g/mol. The second-order valence-corrected chi connectivity index (χ2v) is 5.91. The Morgan fingerprint density at radius 1 is 0.522 bits per heavy atom. The van der Waals surface area contributed by atoms with Gasteiger partial charge in [0.1, 0.15) is 0 Å². The largest absolute Gasteiger partial charge is 0.355 e. The number of para-hydroxylation sites is 2. The predicted molar refractivity (Wildman–Crippen MR) is 100 cm³/mol. The summed E-state index contributed by atoms with van der Waals surface area (Å²) >= 11 is 0. The van der Waals surface area contributed by atoms with Crippen molar-refractivity contribution in [2.75, 3.05) is 10.6 Å². The van der Waals surface area contributed by atoms with Crippen molar-refractivity contribution in [3.63, 3.8) is 0 Å². The summed E-state index contributed by atoms with van der Waals surface area (Å²) in [6.07, 6.45) is 0. The van der Waals surface area contributed by atoms with Gasteiger partial charge in [0.05, 0.1) is 0 Å². The van der Waals surface area contributed by atoms with Crippen molar-refractivity contribution in [3.05, 3.63) is 83.4 Å². The van der Waals surface area contributed by atoms with E-state index in [0.717, 1.165) is 17.1 Å². The average molecular weight is 302 g/mol. The summed E-state index contributed by atoms with van der Waals surface area (Å²) in [5, 5.41) is 6.97. The molecule has 0 heterocycles. The van der Waals surface area contributed by atoms with Gasteiger partial charge in [0.15, 0.2) is 0 Å². The molecule has 0 bridgehead atoms. The van der Waals surface area contributed by atoms with E-state index in [1.807, 2.05) is 6.07 Å². The van der Waals surface area contributed by atoms with Crippen LogP contribution in [-0.4, -0.2) is 0 Å². The maximum absolute atomic E-state index is 3.52. The Morgan fingerprint density at radius 2 is 1.04 bits per heavy atom. The molecule has 0 aliphatic rings. The normalized spacial score (nSPS) is 10.4. The van der Waals surface area contributed by atoms with Gasteiger partial charge in [-0.05, 0) is 67.8 Å². The lowest BCUT2D eigenvalue weighted by atomic mass is 10.1. The molecular weight excluding hydrogens is 280 g/mol. The van der Waals surface area contributed by atoms with Crippen molar-refractivity contribution in [1.29, 1.82) is 0 Å². The molecule has 116 valence electrons. The molecule has 23 heavy (non-hydrogen) atoms. The Kier molecular flexibility index (Phi) is 4.33. The Morgan fingerprint density at radius 3 is 1.65 bits per heavy atom. The van der Waals surface area contributed by atoms with Gasteiger partial charge in [0.25, 0.3) is 0 Å². The second-order valence-electron chi connectivity index (χ2n) is 5.91. The molecular formula is C21H22N2. The van der Waals surface area contributed by atoms with Crippen LogP contribution in [-0.2, 0) is 0 Å². The third-order valence-corrected chi connectivity index (χ3v) is 4.06. The highest BCUT2D eigenvalue weighted by molar-refractivity contribution is 5.70. The first kappa shape index (κ1) is 15.2. The van der Waals surface area contributed by atoms with Gasteiger partial charge in [-0.25, -0.2) is 0 Å². The van der Waals surface area contributed by atoms with E-state index in [1.54, 1.807) is 0 Å². The number of rotatable bonds is 4. The highest BCUT2D eigenvalue weighted by Gasteiger charge is 2.03. The minimum absolute atomic E-state index is 1.09. The Bertz CT molecular complexity index is 784. The van der Waals surface area contributed by atoms with Gasteiger partial charge in [-0.1, -0.05) is 36.4 Å². The number of benzene rings is 3. The standard InChI is InChI=1S/C21H22N2/c1-15-7-4-5-10-20(15)22-18-11-13-19(14-12-18)23-21-16(2)8-6-9-17(21)3/h4-14,22-23H,1-3H3. The van der Waals surface area contributed by atoms with Crippen LogP contribution in [0.5, 0.6) is 0 Å². The van der Waals surface area contributed by atoms with Crippen molar-refractivity contribution in [3.8, 4) is 0 Å². The van der Waals surface area contributed by atoms with E-state index >= 15 is 0 Å². The van der Waals surface area contributed by atoms with Crippen LogP contribution in [0.4, 0.5) is 22.7 Å². The smallest absolute Gasteiger partial charge is 0.0443 e. The molecule has 2 heteroatoms. The van der Waals surface area contributed by atoms with E-state index < -0.39 is 0 Å². The van der Waals surface area contributed by atoms with Crippen molar-refractivity contribution in [2.24, 2.45) is 0 Å². The zero-order valence-electron chi connectivity index (χ0n) is 13.9. The molecule has 3 aromatic carbocycles. The molecule has 3 aromatic rings. The molecule has 3 rings (SSSR count). The molecule has 0 unspecified atom stereocenters. The Balaban J connectivity index is 1.76. The summed E-state index contributed by atoms with van der Waals surface area (Å²) in [5.74, 6) is 0. The van der Waals surface area contributed by atoms with Crippen LogP contribution in [0.1, 0.15) is 16.7 Å². The van der Waals surface area contributed by atoms with Crippen molar-refractivity contribution >= 4 is 22.7 Å². The molecule has 0 saturated carbocycles. The van der Waals surface area contributed by atoms with Crippen LogP contribution in [0.25, 0.3) is 0 Å². The van der Waals surface area contributed by atoms with Gasteiger partial charge >= 0.3 is 0 Å². The van der Waals surface area contributed by atoms with E-state index in [9.17, 15) is 0 Å². The Labute approximate surface area is 138 Å². The molecule has 0 aliphatic carbocycles. The summed E-state index contributed by atoms with van der Waals surface area (Å²) in [5.41, 5.74) is 8.27. The van der Waals surface area contributed by atoms with E-state index in [0.29, 0.717) is 0 Å². The van der Waals surface area contributed by atoms with E-state index in [2.05, 4.69) is 92.1 Å². The fraction of sp³-hybridized carbons (Fsp3) is 0.143. The number of nitrogens with one attached hydrogen (secondary N) is 2. The maximum atomic E-state index is 3.52. The molecule has 0 fully saturated rings. The topological polar surface area (TPSA) is 24.1 Å². The zero-order valence-corrected chi connectivity index (χ0v) is 13.9. The fourth-order valence-corrected chi connectivity index (χ4v) is 2.66. The fourth-order valence-electron chi connectivity index (χ4n) is 2.66. The quantitative estimate of drug-likeness (QED) is 0.608. The van der Waals surface area contributed by atoms with Crippen LogP contribution in [0.2, 0.25) is 0 Å². The molecule has 2 N–H and O–H groups in total. The van der Waals surface area contributed by atoms with Crippen molar-refractivity contribution in [1.82, 2.24) is 0 Å². The van der Waals surface area contributed by atoms with Crippen LogP contribution < -0.4 is 10.6 Å². The first-order chi connectivity index (χ1) is 11.1.